The molecule has 1 aromatic carbocycles. The van der Waals surface area contributed by atoms with Crippen LogP contribution in [-0.2, 0) is 0 Å². The number of hydrogen-bond donors (Lipinski definition) is 2. The first-order chi connectivity index (χ1) is 6.56. The predicted octanol–water partition coefficient (Wildman–Crippen LogP) is 4.14. The molecule has 0 saturated carbocycles. The smallest absolute Gasteiger partial charge is 0.143 e. The van der Waals surface area contributed by atoms with E-state index >= 15 is 0 Å². The Hall–Kier alpha value is 0.230. The number of rotatable bonds is 3. The summed E-state index contributed by atoms with van der Waals surface area (Å²) in [6.45, 7) is 2.10. The summed E-state index contributed by atoms with van der Waals surface area (Å²) in [7, 11) is 0. The molecule has 0 unspecified atom stereocenters. The van der Waals surface area contributed by atoms with Gasteiger partial charge in [0.1, 0.15) is 5.75 Å². The van der Waals surface area contributed by atoms with Gasteiger partial charge in [-0.25, -0.2) is 0 Å². The number of nitrogens with two attached hydrogens (primary N) is 1. The minimum atomic E-state index is 0. The van der Waals surface area contributed by atoms with Crippen LogP contribution in [0.2, 0.25) is 0 Å². The van der Waals surface area contributed by atoms with E-state index < -0.39 is 0 Å². The first-order valence-electron chi connectivity index (χ1n) is 4.49. The molecule has 0 radical (unpaired) electrons. The number of aromatic hydroxyl groups is 1. The van der Waals surface area contributed by atoms with Crippen LogP contribution in [0, 0.1) is 0 Å². The van der Waals surface area contributed by atoms with E-state index in [0.29, 0.717) is 8.95 Å². The molecule has 86 valence electrons. The lowest BCUT2D eigenvalue weighted by Crippen LogP contribution is -2.09. The third-order valence-electron chi connectivity index (χ3n) is 2.07. The summed E-state index contributed by atoms with van der Waals surface area (Å²) in [4.78, 5) is 0. The molecular formula is C10H14Br2ClNO. The molecule has 15 heavy (non-hydrogen) atoms. The van der Waals surface area contributed by atoms with Crippen molar-refractivity contribution in [2.45, 2.75) is 25.8 Å². The Labute approximate surface area is 113 Å². The van der Waals surface area contributed by atoms with Crippen molar-refractivity contribution in [3.63, 3.8) is 0 Å². The predicted molar refractivity (Wildman–Crippen MR) is 72.6 cm³/mol. The number of hydrogen-bond acceptors (Lipinski definition) is 2. The molecule has 0 spiro atoms. The van der Waals surface area contributed by atoms with E-state index in [1.54, 1.807) is 0 Å². The second kappa shape index (κ2) is 6.74. The lowest BCUT2D eigenvalue weighted by Gasteiger charge is -2.12. The molecule has 0 aliphatic carbocycles. The number of phenols is 1. The van der Waals surface area contributed by atoms with Gasteiger partial charge in [-0.15, -0.1) is 12.4 Å². The molecule has 0 heterocycles. The molecule has 1 atom stereocenters. The Bertz CT molecular complexity index is 310. The van der Waals surface area contributed by atoms with Crippen LogP contribution in [-0.4, -0.2) is 5.11 Å². The highest BCUT2D eigenvalue weighted by molar-refractivity contribution is 9.11. The van der Waals surface area contributed by atoms with Gasteiger partial charge in [0, 0.05) is 6.04 Å². The van der Waals surface area contributed by atoms with E-state index in [1.807, 2.05) is 12.1 Å². The maximum Gasteiger partial charge on any atom is 0.143 e. The monoisotopic (exact) mass is 357 g/mol. The summed E-state index contributed by atoms with van der Waals surface area (Å²) < 4.78 is 1.35. The standard InChI is InChI=1S/C10H13Br2NO.ClH/c1-2-3-9(13)6-4-7(11)10(14)8(12)5-6;/h4-5,9,14H,2-3,13H2,1H3;1H/t9-;/m1./s1. The molecule has 0 aromatic heterocycles. The zero-order valence-corrected chi connectivity index (χ0v) is 12.3. The van der Waals surface area contributed by atoms with Gasteiger partial charge >= 0.3 is 0 Å². The number of phenolic OH excluding ortho intramolecular Hbond substituents is 1. The third kappa shape index (κ3) is 3.94. The highest BCUT2D eigenvalue weighted by Gasteiger charge is 2.10. The quantitative estimate of drug-likeness (QED) is 0.852. The summed E-state index contributed by atoms with van der Waals surface area (Å²) in [5.41, 5.74) is 7.00. The summed E-state index contributed by atoms with van der Waals surface area (Å²) >= 11 is 6.56. The zero-order valence-electron chi connectivity index (χ0n) is 8.34. The molecule has 2 nitrogen and oxygen atoms in total. The maximum atomic E-state index is 9.51. The lowest BCUT2D eigenvalue weighted by molar-refractivity contribution is 0.467. The Morgan fingerprint density at radius 2 is 1.80 bits per heavy atom. The van der Waals surface area contributed by atoms with Crippen molar-refractivity contribution < 1.29 is 5.11 Å². The second-order valence-corrected chi connectivity index (χ2v) is 4.94. The molecule has 0 fully saturated rings. The summed E-state index contributed by atoms with van der Waals surface area (Å²) in [6, 6.07) is 3.76. The Morgan fingerprint density at radius 1 is 1.33 bits per heavy atom. The highest BCUT2D eigenvalue weighted by atomic mass is 79.9. The van der Waals surface area contributed by atoms with Crippen LogP contribution in [0.25, 0.3) is 0 Å². The molecule has 0 aliphatic heterocycles. The van der Waals surface area contributed by atoms with E-state index in [-0.39, 0.29) is 24.2 Å². The van der Waals surface area contributed by atoms with Gasteiger partial charge in [0.15, 0.2) is 0 Å². The zero-order chi connectivity index (χ0) is 10.7. The van der Waals surface area contributed by atoms with Gasteiger partial charge in [0.05, 0.1) is 8.95 Å². The minimum Gasteiger partial charge on any atom is -0.506 e. The van der Waals surface area contributed by atoms with E-state index in [2.05, 4.69) is 38.8 Å². The molecule has 3 N–H and O–H groups in total. The molecule has 0 bridgehead atoms. The van der Waals surface area contributed by atoms with E-state index in [0.717, 1.165) is 18.4 Å². The molecule has 0 aliphatic rings. The molecule has 1 aromatic rings. The van der Waals surface area contributed by atoms with E-state index in [1.165, 1.54) is 0 Å². The van der Waals surface area contributed by atoms with Gasteiger partial charge in [0.25, 0.3) is 0 Å². The van der Waals surface area contributed by atoms with Crippen molar-refractivity contribution >= 4 is 44.3 Å². The van der Waals surface area contributed by atoms with Gasteiger partial charge in [-0.2, -0.15) is 0 Å². The van der Waals surface area contributed by atoms with Crippen LogP contribution < -0.4 is 5.73 Å². The first kappa shape index (κ1) is 15.2. The first-order valence-corrected chi connectivity index (χ1v) is 6.08. The third-order valence-corrected chi connectivity index (χ3v) is 3.28. The maximum absolute atomic E-state index is 9.51. The van der Waals surface area contributed by atoms with Crippen molar-refractivity contribution in [2.75, 3.05) is 0 Å². The Balaban J connectivity index is 0.00000196. The van der Waals surface area contributed by atoms with Gasteiger partial charge < -0.3 is 10.8 Å². The largest absolute Gasteiger partial charge is 0.506 e. The fourth-order valence-electron chi connectivity index (χ4n) is 1.28. The Morgan fingerprint density at radius 3 is 2.20 bits per heavy atom. The van der Waals surface area contributed by atoms with Gasteiger partial charge in [-0.05, 0) is 56.0 Å². The molecular weight excluding hydrogens is 345 g/mol. The van der Waals surface area contributed by atoms with Crippen LogP contribution >= 0.6 is 44.3 Å². The fraction of sp³-hybridized carbons (Fsp3) is 0.400. The van der Waals surface area contributed by atoms with Crippen LogP contribution in [0.4, 0.5) is 0 Å². The number of benzene rings is 1. The van der Waals surface area contributed by atoms with E-state index in [9.17, 15) is 5.11 Å². The van der Waals surface area contributed by atoms with Gasteiger partial charge in [-0.3, -0.25) is 0 Å². The molecule has 5 heteroatoms. The van der Waals surface area contributed by atoms with Crippen molar-refractivity contribution in [1.82, 2.24) is 0 Å². The summed E-state index contributed by atoms with van der Waals surface area (Å²) in [6.07, 6.45) is 2.00. The fourth-order valence-corrected chi connectivity index (χ4v) is 2.50. The Kier molecular flexibility index (Phi) is 6.84. The van der Waals surface area contributed by atoms with Crippen LogP contribution in [0.1, 0.15) is 31.4 Å². The minimum absolute atomic E-state index is 0. The van der Waals surface area contributed by atoms with Crippen LogP contribution in [0.5, 0.6) is 5.75 Å². The van der Waals surface area contributed by atoms with Gasteiger partial charge in [0.2, 0.25) is 0 Å². The SMILES string of the molecule is CCC[C@@H](N)c1cc(Br)c(O)c(Br)c1.Cl. The summed E-state index contributed by atoms with van der Waals surface area (Å²) in [5.74, 6) is 0.220. The van der Waals surface area contributed by atoms with Crippen molar-refractivity contribution in [2.24, 2.45) is 5.73 Å². The molecule has 0 amide bonds. The van der Waals surface area contributed by atoms with Crippen molar-refractivity contribution in [3.05, 3.63) is 26.6 Å². The summed E-state index contributed by atoms with van der Waals surface area (Å²) in [5, 5.41) is 9.51. The number of halogens is 3. The average molecular weight is 359 g/mol. The highest BCUT2D eigenvalue weighted by Crippen LogP contribution is 2.35. The van der Waals surface area contributed by atoms with Crippen molar-refractivity contribution in [3.8, 4) is 5.75 Å². The topological polar surface area (TPSA) is 46.2 Å². The van der Waals surface area contributed by atoms with Gasteiger partial charge in [-0.1, -0.05) is 13.3 Å². The normalized spacial score (nSPS) is 12.0. The second-order valence-electron chi connectivity index (χ2n) is 3.23. The average Bonchev–Trinajstić information content (AvgIpc) is 2.13. The lowest BCUT2D eigenvalue weighted by atomic mass is 10.0. The molecule has 1 rings (SSSR count). The van der Waals surface area contributed by atoms with E-state index in [4.69, 9.17) is 5.73 Å². The van der Waals surface area contributed by atoms with Crippen LogP contribution in [0.3, 0.4) is 0 Å². The molecule has 0 saturated heterocycles. The van der Waals surface area contributed by atoms with Crippen molar-refractivity contribution in [1.29, 1.82) is 0 Å². The van der Waals surface area contributed by atoms with Crippen LogP contribution in [0.15, 0.2) is 21.1 Å².